The number of anilines is 2. The van der Waals surface area contributed by atoms with E-state index in [9.17, 15) is 53.1 Å². The molecule has 0 radical (unpaired) electrons. The van der Waals surface area contributed by atoms with Crippen molar-refractivity contribution in [2.24, 2.45) is 0 Å². The van der Waals surface area contributed by atoms with E-state index in [1.165, 1.54) is 59.3 Å². The van der Waals surface area contributed by atoms with Gasteiger partial charge in [-0.3, -0.25) is 9.52 Å². The number of esters is 1. The molecule has 0 aromatic heterocycles. The lowest BCUT2D eigenvalue weighted by molar-refractivity contribution is -0.144. The zero-order valence-corrected chi connectivity index (χ0v) is 28.2. The Morgan fingerprint density at radius 1 is 0.816 bits per heavy atom. The number of nitrogens with one attached hydrogen (secondary N) is 2. The second-order valence-corrected chi connectivity index (χ2v) is 15.5. The van der Waals surface area contributed by atoms with Crippen molar-refractivity contribution in [3.63, 3.8) is 0 Å². The highest BCUT2D eigenvalue weighted by molar-refractivity contribution is 7.93. The van der Waals surface area contributed by atoms with Gasteiger partial charge < -0.3 is 15.2 Å². The van der Waals surface area contributed by atoms with E-state index in [4.69, 9.17) is 27.9 Å². The Labute approximate surface area is 287 Å². The number of ether oxygens (including phenoxy) is 1. The average Bonchev–Trinajstić information content (AvgIpc) is 3.01. The molecule has 0 unspecified atom stereocenters. The molecule has 0 spiro atoms. The van der Waals surface area contributed by atoms with Gasteiger partial charge in [-0.1, -0.05) is 53.5 Å². The Bertz CT molecular complexity index is 1860. The zero-order chi connectivity index (χ0) is 36.6. The fraction of sp³-hybridized carbons (Fsp3) is 0.345. The van der Waals surface area contributed by atoms with Gasteiger partial charge >= 0.3 is 37.0 Å². The van der Waals surface area contributed by atoms with Crippen LogP contribution in [-0.4, -0.2) is 75.6 Å². The van der Waals surface area contributed by atoms with E-state index >= 15 is 0 Å². The summed E-state index contributed by atoms with van der Waals surface area (Å²) in [4.78, 5) is 13.9. The van der Waals surface area contributed by atoms with Gasteiger partial charge in [0.15, 0.2) is 0 Å². The van der Waals surface area contributed by atoms with Crippen molar-refractivity contribution in [3.8, 4) is 0 Å². The predicted molar refractivity (Wildman–Crippen MR) is 169 cm³/mol. The molecule has 1 aliphatic heterocycles. The first kappa shape index (κ1) is 38.5. The minimum Gasteiger partial charge on any atom is -0.468 e. The second kappa shape index (κ2) is 13.8. The molecular formula is C29H27Cl2F6N3O7S2. The fourth-order valence-corrected chi connectivity index (χ4v) is 7.14. The number of rotatable bonds is 10. The SMILES string of the molecule is COC(=O)C(c1ccc(Cl)cc1)(c1ccc(Cl)cc1)c1ccc(NS(=O)(=O)C(F)(F)F)c(NCC2(O)CCN(S(=O)(=O)C(F)(F)F)CC2)c1. The van der Waals surface area contributed by atoms with Crippen molar-refractivity contribution in [2.45, 2.75) is 34.9 Å². The molecule has 0 bridgehead atoms. The van der Waals surface area contributed by atoms with Gasteiger partial charge in [0.05, 0.1) is 24.1 Å². The van der Waals surface area contributed by atoms with Crippen molar-refractivity contribution < 1.29 is 57.8 Å². The third kappa shape index (κ3) is 7.73. The topological polar surface area (TPSA) is 142 Å². The molecule has 3 N–H and O–H groups in total. The van der Waals surface area contributed by atoms with E-state index in [1.54, 1.807) is 0 Å². The number of carbonyl (C=O) groups is 1. The molecular weight excluding hydrogens is 751 g/mol. The molecule has 10 nitrogen and oxygen atoms in total. The van der Waals surface area contributed by atoms with Crippen molar-refractivity contribution in [2.75, 3.05) is 36.8 Å². The molecule has 4 rings (SSSR count). The molecule has 0 amide bonds. The number of aliphatic hydroxyl groups is 1. The first-order chi connectivity index (χ1) is 22.6. The number of sulfonamides is 2. The first-order valence-electron chi connectivity index (χ1n) is 13.9. The third-order valence-corrected chi connectivity index (χ3v) is 11.2. The average molecular weight is 779 g/mol. The van der Waals surface area contributed by atoms with E-state index in [-0.39, 0.29) is 26.7 Å². The third-order valence-electron chi connectivity index (χ3n) is 7.94. The van der Waals surface area contributed by atoms with Gasteiger partial charge in [-0.25, -0.2) is 8.42 Å². The molecule has 49 heavy (non-hydrogen) atoms. The number of alkyl halides is 6. The first-order valence-corrected chi connectivity index (χ1v) is 17.6. The van der Waals surface area contributed by atoms with Crippen LogP contribution in [0, 0.1) is 0 Å². The van der Waals surface area contributed by atoms with Crippen molar-refractivity contribution in [1.82, 2.24) is 4.31 Å². The van der Waals surface area contributed by atoms with Crippen molar-refractivity contribution >= 4 is 60.6 Å². The molecule has 1 fully saturated rings. The van der Waals surface area contributed by atoms with Crippen LogP contribution < -0.4 is 10.0 Å². The quantitative estimate of drug-likeness (QED) is 0.132. The summed E-state index contributed by atoms with van der Waals surface area (Å²) in [7, 11) is -10.6. The van der Waals surface area contributed by atoms with Crippen LogP contribution in [0.2, 0.25) is 10.0 Å². The molecule has 0 saturated carbocycles. The Morgan fingerprint density at radius 2 is 1.29 bits per heavy atom. The summed E-state index contributed by atoms with van der Waals surface area (Å²) in [5.74, 6) is -0.886. The van der Waals surface area contributed by atoms with E-state index in [0.717, 1.165) is 19.2 Å². The van der Waals surface area contributed by atoms with Crippen LogP contribution in [0.15, 0.2) is 66.7 Å². The smallest absolute Gasteiger partial charge is 0.468 e. The highest BCUT2D eigenvalue weighted by Crippen LogP contribution is 2.44. The lowest BCUT2D eigenvalue weighted by atomic mass is 9.69. The molecule has 268 valence electrons. The van der Waals surface area contributed by atoms with E-state index in [2.05, 4.69) is 5.32 Å². The lowest BCUT2D eigenvalue weighted by Crippen LogP contribution is -2.52. The predicted octanol–water partition coefficient (Wildman–Crippen LogP) is 5.85. The van der Waals surface area contributed by atoms with Gasteiger partial charge in [-0.2, -0.15) is 39.1 Å². The largest absolute Gasteiger partial charge is 0.516 e. The van der Waals surface area contributed by atoms with Crippen molar-refractivity contribution in [3.05, 3.63) is 93.5 Å². The van der Waals surface area contributed by atoms with Gasteiger partial charge in [0.25, 0.3) is 0 Å². The molecule has 0 atom stereocenters. The summed E-state index contributed by atoms with van der Waals surface area (Å²) < 4.78 is 134. The number of methoxy groups -OCH3 is 1. The Hall–Kier alpha value is -3.29. The van der Waals surface area contributed by atoms with Crippen LogP contribution in [0.1, 0.15) is 29.5 Å². The molecule has 3 aromatic carbocycles. The maximum Gasteiger partial charge on any atom is 0.516 e. The highest BCUT2D eigenvalue weighted by Gasteiger charge is 2.52. The Balaban J connectivity index is 1.85. The Morgan fingerprint density at radius 3 is 1.71 bits per heavy atom. The molecule has 0 aliphatic carbocycles. The number of nitrogens with zero attached hydrogens (tertiary/aromatic N) is 1. The maximum atomic E-state index is 13.9. The normalized spacial score (nSPS) is 16.2. The summed E-state index contributed by atoms with van der Waals surface area (Å²) >= 11 is 12.2. The van der Waals surface area contributed by atoms with E-state index < -0.39 is 86.2 Å². The number of carbonyl (C=O) groups excluding carboxylic acids is 1. The van der Waals surface area contributed by atoms with E-state index in [1.807, 2.05) is 0 Å². The number of piperidine rings is 1. The molecule has 1 aliphatic rings. The van der Waals surface area contributed by atoms with Crippen LogP contribution in [0.4, 0.5) is 37.7 Å². The molecule has 3 aromatic rings. The molecule has 20 heteroatoms. The summed E-state index contributed by atoms with van der Waals surface area (Å²) in [6, 6.07) is 15.1. The van der Waals surface area contributed by atoms with Crippen LogP contribution in [0.3, 0.4) is 0 Å². The monoisotopic (exact) mass is 777 g/mol. The molecule has 1 heterocycles. The summed E-state index contributed by atoms with van der Waals surface area (Å²) in [6.45, 7) is -2.08. The van der Waals surface area contributed by atoms with Crippen LogP contribution >= 0.6 is 23.2 Å². The van der Waals surface area contributed by atoms with Gasteiger partial charge in [0.1, 0.15) is 5.41 Å². The maximum absolute atomic E-state index is 13.9. The summed E-state index contributed by atoms with van der Waals surface area (Å²) in [5.41, 5.74) is -15.6. The highest BCUT2D eigenvalue weighted by atomic mass is 35.5. The second-order valence-electron chi connectivity index (χ2n) is 11.0. The number of halogens is 8. The number of hydrogen-bond acceptors (Lipinski definition) is 8. The van der Waals surface area contributed by atoms with Crippen LogP contribution in [0.25, 0.3) is 0 Å². The zero-order valence-electron chi connectivity index (χ0n) is 25.1. The van der Waals surface area contributed by atoms with Crippen LogP contribution in [-0.2, 0) is 35.0 Å². The van der Waals surface area contributed by atoms with Gasteiger partial charge in [0.2, 0.25) is 0 Å². The molecule has 1 saturated heterocycles. The minimum atomic E-state index is -6.01. The number of hydrogen-bond donors (Lipinski definition) is 3. The summed E-state index contributed by atoms with van der Waals surface area (Å²) in [5, 5.41) is 14.4. The van der Waals surface area contributed by atoms with Gasteiger partial charge in [-0.15, -0.1) is 0 Å². The van der Waals surface area contributed by atoms with Crippen molar-refractivity contribution in [1.29, 1.82) is 0 Å². The standard InChI is InChI=1S/C29H27Cl2F6N3O7S2/c1-47-25(41)27(18-2-7-21(30)8-3-18,19-4-9-22(31)10-5-19)20-6-11-23(39-48(43,44)28(32,33)34)24(16-20)38-17-26(42)12-14-40(15-13-26)49(45,46)29(35,36)37/h2-11,16,38-39,42H,12-15,17H2,1H3. The minimum absolute atomic E-state index is 0.0273. The van der Waals surface area contributed by atoms with Crippen LogP contribution in [0.5, 0.6) is 0 Å². The Kier molecular flexibility index (Phi) is 10.8. The lowest BCUT2D eigenvalue weighted by Gasteiger charge is -2.38. The summed E-state index contributed by atoms with van der Waals surface area (Å²) in [6.07, 6.45) is -1.06. The fourth-order valence-electron chi connectivity index (χ4n) is 5.35. The van der Waals surface area contributed by atoms with Gasteiger partial charge in [0, 0.05) is 29.7 Å². The van der Waals surface area contributed by atoms with Gasteiger partial charge in [-0.05, 0) is 65.9 Å². The number of benzene rings is 3. The van der Waals surface area contributed by atoms with E-state index in [0.29, 0.717) is 10.0 Å².